The molecule has 0 aliphatic rings. The van der Waals surface area contributed by atoms with Crippen LogP contribution in [0.2, 0.25) is 5.02 Å². The lowest BCUT2D eigenvalue weighted by atomic mass is 10.2. The summed E-state index contributed by atoms with van der Waals surface area (Å²) >= 11 is 5.84. The maximum atomic E-state index is 13.6. The third kappa shape index (κ3) is 6.11. The van der Waals surface area contributed by atoms with Gasteiger partial charge in [-0.25, -0.2) is 12.8 Å². The molecule has 2 aromatic carbocycles. The molecular weight excluding hydrogens is 421 g/mol. The van der Waals surface area contributed by atoms with Crippen LogP contribution in [-0.4, -0.2) is 38.1 Å². The second-order valence-electron chi connectivity index (χ2n) is 6.08. The van der Waals surface area contributed by atoms with E-state index in [2.05, 4.69) is 10.9 Å². The molecule has 0 radical (unpaired) electrons. The van der Waals surface area contributed by atoms with E-state index in [4.69, 9.17) is 11.6 Å². The van der Waals surface area contributed by atoms with Crippen LogP contribution in [0.15, 0.2) is 53.4 Å². The van der Waals surface area contributed by atoms with Gasteiger partial charge in [-0.05, 0) is 37.3 Å². The molecule has 2 amide bonds. The predicted octanol–water partition coefficient (Wildman–Crippen LogP) is 2.27. The highest BCUT2D eigenvalue weighted by Gasteiger charge is 2.22. The summed E-state index contributed by atoms with van der Waals surface area (Å²) in [6, 6.07) is 10.3. The molecule has 0 aliphatic heterocycles. The molecule has 10 heteroatoms. The zero-order chi connectivity index (χ0) is 21.6. The first-order chi connectivity index (χ1) is 13.6. The Balaban J connectivity index is 1.91. The molecule has 7 nitrogen and oxygen atoms in total. The lowest BCUT2D eigenvalue weighted by Gasteiger charge is -2.17. The zero-order valence-corrected chi connectivity index (χ0v) is 17.2. The summed E-state index contributed by atoms with van der Waals surface area (Å²) in [6.45, 7) is 1.31. The largest absolute Gasteiger partial charge is 0.272 e. The first-order valence-electron chi connectivity index (χ1n) is 8.35. The molecule has 2 rings (SSSR count). The van der Waals surface area contributed by atoms with Crippen LogP contribution in [0.3, 0.4) is 0 Å². The highest BCUT2D eigenvalue weighted by atomic mass is 35.5. The number of carbonyl (C=O) groups is 2. The summed E-state index contributed by atoms with van der Waals surface area (Å²) < 4.78 is 39.4. The smallest absolute Gasteiger partial charge is 0.262 e. The molecule has 2 N–H and O–H groups in total. The zero-order valence-electron chi connectivity index (χ0n) is 15.6. The number of hydrogen-bond acceptors (Lipinski definition) is 4. The van der Waals surface area contributed by atoms with Gasteiger partial charge in [0.15, 0.2) is 0 Å². The molecule has 0 aliphatic carbocycles. The predicted molar refractivity (Wildman–Crippen MR) is 108 cm³/mol. The number of amides is 2. The standard InChI is InChI=1S/C19H19ClFN3O4S/c1-13-6-8-14(9-7-13)29(27,28)24(2)12-19(26)23-22-18(25)11-10-15-16(20)4-3-5-17(15)21/h3-11H,12H2,1-2H3,(H,22,25)(H,23,26)/b11-10+. The van der Waals surface area contributed by atoms with Crippen LogP contribution in [-0.2, 0) is 19.6 Å². The minimum absolute atomic E-state index is 0.0274. The van der Waals surface area contributed by atoms with Crippen LogP contribution in [0.1, 0.15) is 11.1 Å². The van der Waals surface area contributed by atoms with E-state index in [1.54, 1.807) is 12.1 Å². The van der Waals surface area contributed by atoms with Gasteiger partial charge in [-0.1, -0.05) is 35.4 Å². The van der Waals surface area contributed by atoms with Crippen LogP contribution >= 0.6 is 11.6 Å². The van der Waals surface area contributed by atoms with Gasteiger partial charge in [-0.15, -0.1) is 0 Å². The SMILES string of the molecule is Cc1ccc(S(=O)(=O)N(C)CC(=O)NNC(=O)/C=C/c2c(F)cccc2Cl)cc1. The van der Waals surface area contributed by atoms with Crippen molar-refractivity contribution >= 4 is 39.5 Å². The fourth-order valence-electron chi connectivity index (χ4n) is 2.22. The normalized spacial score (nSPS) is 11.6. The van der Waals surface area contributed by atoms with E-state index in [0.717, 1.165) is 22.0 Å². The maximum Gasteiger partial charge on any atom is 0.262 e. The molecule has 0 saturated heterocycles. The lowest BCUT2D eigenvalue weighted by Crippen LogP contribution is -2.46. The van der Waals surface area contributed by atoms with E-state index in [1.165, 1.54) is 37.4 Å². The third-order valence-corrected chi connectivity index (χ3v) is 5.97. The minimum atomic E-state index is -3.86. The lowest BCUT2D eigenvalue weighted by molar-refractivity contribution is -0.126. The number of carbonyl (C=O) groups excluding carboxylic acids is 2. The Hall–Kier alpha value is -2.75. The average molecular weight is 440 g/mol. The summed E-state index contributed by atoms with van der Waals surface area (Å²) in [5, 5.41) is 0.126. The van der Waals surface area contributed by atoms with Crippen molar-refractivity contribution in [2.45, 2.75) is 11.8 Å². The first-order valence-corrected chi connectivity index (χ1v) is 10.2. The molecule has 0 fully saturated rings. The van der Waals surface area contributed by atoms with E-state index < -0.39 is 34.2 Å². The number of nitrogens with one attached hydrogen (secondary N) is 2. The number of benzene rings is 2. The molecule has 0 spiro atoms. The Kier molecular flexibility index (Phi) is 7.49. The molecule has 29 heavy (non-hydrogen) atoms. The molecule has 154 valence electrons. The fraction of sp³-hybridized carbons (Fsp3) is 0.158. The molecular formula is C19H19ClFN3O4S. The summed E-state index contributed by atoms with van der Waals surface area (Å²) in [4.78, 5) is 23.8. The van der Waals surface area contributed by atoms with Gasteiger partial charge < -0.3 is 0 Å². The van der Waals surface area contributed by atoms with Crippen molar-refractivity contribution in [2.75, 3.05) is 13.6 Å². The number of hydrogen-bond donors (Lipinski definition) is 2. The Morgan fingerprint density at radius 2 is 1.79 bits per heavy atom. The van der Waals surface area contributed by atoms with Crippen LogP contribution in [0, 0.1) is 12.7 Å². The quantitative estimate of drug-likeness (QED) is 0.533. The van der Waals surface area contributed by atoms with E-state index in [-0.39, 0.29) is 15.5 Å². The van der Waals surface area contributed by atoms with Crippen LogP contribution in [0.5, 0.6) is 0 Å². The number of hydrazine groups is 1. The van der Waals surface area contributed by atoms with E-state index in [1.807, 2.05) is 6.92 Å². The van der Waals surface area contributed by atoms with Gasteiger partial charge in [-0.3, -0.25) is 20.4 Å². The molecule has 0 bridgehead atoms. The molecule has 2 aromatic rings. The van der Waals surface area contributed by atoms with E-state index in [0.29, 0.717) is 0 Å². The van der Waals surface area contributed by atoms with Crippen molar-refractivity contribution in [3.63, 3.8) is 0 Å². The number of sulfonamides is 1. The number of aryl methyl sites for hydroxylation is 1. The van der Waals surface area contributed by atoms with Gasteiger partial charge in [0.25, 0.3) is 11.8 Å². The molecule has 0 unspecified atom stereocenters. The number of halogens is 2. The van der Waals surface area contributed by atoms with Crippen molar-refractivity contribution < 1.29 is 22.4 Å². The van der Waals surface area contributed by atoms with Crippen LogP contribution < -0.4 is 10.9 Å². The summed E-state index contributed by atoms with van der Waals surface area (Å²) in [5.74, 6) is -2.11. The van der Waals surface area contributed by atoms with Gasteiger partial charge in [0.05, 0.1) is 16.5 Å². The summed E-state index contributed by atoms with van der Waals surface area (Å²) in [7, 11) is -2.61. The molecule has 0 aromatic heterocycles. The number of likely N-dealkylation sites (N-methyl/N-ethyl adjacent to an activating group) is 1. The Morgan fingerprint density at radius 1 is 1.14 bits per heavy atom. The van der Waals surface area contributed by atoms with Crippen molar-refractivity contribution in [1.29, 1.82) is 0 Å². The van der Waals surface area contributed by atoms with Gasteiger partial charge in [0, 0.05) is 18.7 Å². The maximum absolute atomic E-state index is 13.6. The highest BCUT2D eigenvalue weighted by molar-refractivity contribution is 7.89. The second-order valence-corrected chi connectivity index (χ2v) is 8.53. The van der Waals surface area contributed by atoms with Gasteiger partial charge >= 0.3 is 0 Å². The highest BCUT2D eigenvalue weighted by Crippen LogP contribution is 2.20. The molecule has 0 atom stereocenters. The third-order valence-electron chi connectivity index (χ3n) is 3.82. The van der Waals surface area contributed by atoms with Crippen LogP contribution in [0.25, 0.3) is 6.08 Å². The van der Waals surface area contributed by atoms with Gasteiger partial charge in [0.2, 0.25) is 10.0 Å². The average Bonchev–Trinajstić information content (AvgIpc) is 2.66. The first kappa shape index (κ1) is 22.5. The van der Waals surface area contributed by atoms with Crippen molar-refractivity contribution in [3.05, 3.63) is 70.5 Å². The monoisotopic (exact) mass is 439 g/mol. The van der Waals surface area contributed by atoms with Gasteiger partial charge in [-0.2, -0.15) is 4.31 Å². The Morgan fingerprint density at radius 3 is 2.41 bits per heavy atom. The number of rotatable bonds is 6. The van der Waals surface area contributed by atoms with Crippen LogP contribution in [0.4, 0.5) is 4.39 Å². The van der Waals surface area contributed by atoms with Crippen molar-refractivity contribution in [3.8, 4) is 0 Å². The summed E-state index contributed by atoms with van der Waals surface area (Å²) in [5.41, 5.74) is 5.10. The van der Waals surface area contributed by atoms with E-state index >= 15 is 0 Å². The Bertz CT molecular complexity index is 1020. The van der Waals surface area contributed by atoms with Crippen molar-refractivity contribution in [1.82, 2.24) is 15.2 Å². The second kappa shape index (κ2) is 9.64. The topological polar surface area (TPSA) is 95.6 Å². The molecule has 0 saturated carbocycles. The number of nitrogens with zero attached hydrogens (tertiary/aromatic N) is 1. The molecule has 0 heterocycles. The van der Waals surface area contributed by atoms with Gasteiger partial charge in [0.1, 0.15) is 5.82 Å². The van der Waals surface area contributed by atoms with E-state index in [9.17, 15) is 22.4 Å². The Labute approximate surface area is 173 Å². The van der Waals surface area contributed by atoms with Crippen molar-refractivity contribution in [2.24, 2.45) is 0 Å². The summed E-state index contributed by atoms with van der Waals surface area (Å²) in [6.07, 6.45) is 2.14. The minimum Gasteiger partial charge on any atom is -0.272 e. The fourth-order valence-corrected chi connectivity index (χ4v) is 3.57.